The van der Waals surface area contributed by atoms with E-state index in [-0.39, 0.29) is 0 Å². The van der Waals surface area contributed by atoms with Crippen molar-refractivity contribution in [3.63, 3.8) is 0 Å². The molecule has 0 saturated carbocycles. The summed E-state index contributed by atoms with van der Waals surface area (Å²) in [5.41, 5.74) is 0. The molecule has 10 heteroatoms. The Morgan fingerprint density at radius 2 is 0.424 bits per heavy atom. The third-order valence-electron chi connectivity index (χ3n) is 10.8. The molecule has 0 aliphatic carbocycles. The maximum atomic E-state index is 10.4. The van der Waals surface area contributed by atoms with Crippen LogP contribution >= 0.6 is 37.9 Å². The number of thiol groups is 3. The molecule has 0 heterocycles. The first-order valence-corrected chi connectivity index (χ1v) is 29.1. The molecule has 0 radical (unpaired) electrons. The molecule has 0 spiro atoms. The average molecular weight is 996 g/mol. The van der Waals surface area contributed by atoms with Crippen LogP contribution in [0.5, 0.6) is 0 Å². The van der Waals surface area contributed by atoms with Gasteiger partial charge < -0.3 is 29.7 Å². The predicted octanol–water partition coefficient (Wildman–Crippen LogP) is 12.6. The summed E-state index contributed by atoms with van der Waals surface area (Å²) >= 11 is 13.5. The van der Waals surface area contributed by atoms with Crippen LogP contribution < -0.4 is 15.3 Å². The number of carbonyl (C=O) groups excluding carboxylic acids is 3. The molecule has 6 nitrogen and oxygen atoms in total. The number of rotatable bonds is 42. The third kappa shape index (κ3) is 62.6. The fourth-order valence-electron chi connectivity index (χ4n) is 6.89. The molecule has 0 aromatic rings. The second-order valence-electron chi connectivity index (χ2n) is 16.5. The van der Waals surface area contributed by atoms with Gasteiger partial charge >= 0.3 is 27.5 Å². The van der Waals surface area contributed by atoms with Crippen LogP contribution in [-0.4, -0.2) is 56.2 Å². The van der Waals surface area contributed by atoms with Crippen molar-refractivity contribution in [2.75, 3.05) is 0 Å². The van der Waals surface area contributed by atoms with Gasteiger partial charge in [0.25, 0.3) is 0 Å². The summed E-state index contributed by atoms with van der Waals surface area (Å²) in [6.45, 7) is 6.76. The summed E-state index contributed by atoms with van der Waals surface area (Å²) < 4.78 is 0. The number of carbonyl (C=O) groups is 3. The number of carboxylic acids is 3. The van der Waals surface area contributed by atoms with Gasteiger partial charge in [0.15, 0.2) is 0 Å². The van der Waals surface area contributed by atoms with Crippen LogP contribution in [-0.2, 0) is 14.4 Å². The van der Waals surface area contributed by atoms with Gasteiger partial charge in [0.2, 0.25) is 0 Å². The quantitative estimate of drug-likeness (QED) is 0.0318. The van der Waals surface area contributed by atoms with Crippen LogP contribution in [0.2, 0.25) is 4.94 Å². The summed E-state index contributed by atoms with van der Waals surface area (Å²) in [7, 11) is 0. The van der Waals surface area contributed by atoms with Gasteiger partial charge in [-0.1, -0.05) is 252 Å². The van der Waals surface area contributed by atoms with Gasteiger partial charge in [0.05, 0.1) is 17.9 Å². The number of carboxylic acid groups (broad SMARTS) is 3. The SMILES string of the molecule is CCCCCCCCCCCCCCC(S)C(=O)[O-].CCCCCCCCCCCCCCC(S)C(=O)[O-].CCCCCCCCCCCCCCC(S)C(=O)[O-].[CH3][Sn+3]. The van der Waals surface area contributed by atoms with Crippen molar-refractivity contribution < 1.29 is 29.7 Å². The Balaban J connectivity index is -0.000000376. The Kier molecular flexibility index (Phi) is 65.0. The molecule has 0 N–H and O–H groups in total. The first kappa shape index (κ1) is 65.9. The minimum absolute atomic E-state index is 0.580. The average Bonchev–Trinajstić information content (AvgIpc) is 3.22. The van der Waals surface area contributed by atoms with Crippen LogP contribution in [0.15, 0.2) is 0 Å². The van der Waals surface area contributed by atoms with E-state index in [1.54, 1.807) is 22.5 Å². The van der Waals surface area contributed by atoms with E-state index < -0.39 is 33.7 Å². The molecule has 0 saturated heterocycles. The zero-order valence-electron chi connectivity index (χ0n) is 39.1. The van der Waals surface area contributed by atoms with E-state index in [1.165, 1.54) is 193 Å². The maximum absolute atomic E-state index is 10.4. The predicted molar refractivity (Wildman–Crippen MR) is 262 cm³/mol. The van der Waals surface area contributed by atoms with Crippen molar-refractivity contribution in [2.24, 2.45) is 0 Å². The van der Waals surface area contributed by atoms with Crippen LogP contribution in [0.4, 0.5) is 0 Å². The molecule has 3 atom stereocenters. The molecular weight excluding hydrogens is 899 g/mol. The molecule has 0 rings (SSSR count). The van der Waals surface area contributed by atoms with Gasteiger partial charge in [-0.25, -0.2) is 0 Å². The monoisotopic (exact) mass is 997 g/mol. The second kappa shape index (κ2) is 58.3. The third-order valence-corrected chi connectivity index (χ3v) is 12.2. The summed E-state index contributed by atoms with van der Waals surface area (Å²) in [5, 5.41) is 29.6. The normalized spacial score (nSPS) is 12.2. The molecule has 0 aromatic carbocycles. The summed E-state index contributed by atoms with van der Waals surface area (Å²) in [5.74, 6) is -3.11. The Hall–Kier alpha value is 0.259. The number of hydrogen-bond donors (Lipinski definition) is 3. The summed E-state index contributed by atoms with van der Waals surface area (Å²) in [6, 6.07) is 0. The van der Waals surface area contributed by atoms with E-state index >= 15 is 0 Å². The van der Waals surface area contributed by atoms with Gasteiger partial charge in [0.1, 0.15) is 0 Å². The number of unbranched alkanes of at least 4 members (excludes halogenated alkanes) is 33. The first-order valence-electron chi connectivity index (χ1n) is 24.7. The van der Waals surface area contributed by atoms with E-state index in [9.17, 15) is 29.7 Å². The van der Waals surface area contributed by atoms with Crippen molar-refractivity contribution in [3.8, 4) is 0 Å². The van der Waals surface area contributed by atoms with E-state index in [2.05, 4.69) is 63.6 Å². The fraction of sp³-hybridized carbons (Fsp3) is 0.939. The van der Waals surface area contributed by atoms with Crippen LogP contribution in [0.25, 0.3) is 0 Å². The van der Waals surface area contributed by atoms with Gasteiger partial charge in [0, 0.05) is 15.7 Å². The fourth-order valence-corrected chi connectivity index (χ4v) is 7.44. The molecule has 0 aliphatic rings. The zero-order chi connectivity index (χ0) is 45.0. The van der Waals surface area contributed by atoms with Crippen molar-refractivity contribution in [1.82, 2.24) is 0 Å². The van der Waals surface area contributed by atoms with Crippen molar-refractivity contribution in [3.05, 3.63) is 0 Å². The standard InChI is InChI=1S/3C16H32O2S.CH3.Sn/c3*1-2-3-4-5-6-7-8-9-10-11-12-13-14-15(19)16(17)18;;/h3*15,19H,2-14H2,1H3,(H,17,18);1H3;/q;;;;+3/p-3. The van der Waals surface area contributed by atoms with Crippen molar-refractivity contribution in [1.29, 1.82) is 0 Å². The molecule has 3 unspecified atom stereocenters. The molecule has 0 aliphatic heterocycles. The van der Waals surface area contributed by atoms with Gasteiger partial charge in [-0.3, -0.25) is 0 Å². The van der Waals surface area contributed by atoms with Crippen molar-refractivity contribution >= 4 is 78.3 Å². The van der Waals surface area contributed by atoms with Gasteiger partial charge in [-0.15, -0.1) is 0 Å². The Labute approximate surface area is 397 Å². The van der Waals surface area contributed by atoms with Crippen LogP contribution in [0, 0.1) is 0 Å². The van der Waals surface area contributed by atoms with Crippen LogP contribution in [0.1, 0.15) is 271 Å². The molecule has 350 valence electrons. The number of hydrogen-bond acceptors (Lipinski definition) is 9. The van der Waals surface area contributed by atoms with E-state index in [4.69, 9.17) is 0 Å². The second-order valence-corrected chi connectivity index (χ2v) is 18.4. The van der Waals surface area contributed by atoms with Crippen molar-refractivity contribution in [2.45, 2.75) is 292 Å². The molecule has 0 aromatic heterocycles. The molecule has 0 bridgehead atoms. The molecular formula is C49H96O6S3Sn. The summed E-state index contributed by atoms with van der Waals surface area (Å²) in [4.78, 5) is 33.4. The Bertz CT molecular complexity index is 733. The first-order chi connectivity index (χ1) is 28.5. The Morgan fingerprint density at radius 1 is 0.305 bits per heavy atom. The van der Waals surface area contributed by atoms with E-state index in [0.717, 1.165) is 38.5 Å². The number of aliphatic carboxylic acids is 3. The van der Waals surface area contributed by atoms with E-state index in [0.29, 0.717) is 19.3 Å². The van der Waals surface area contributed by atoms with Gasteiger partial charge in [-0.2, -0.15) is 37.9 Å². The molecule has 59 heavy (non-hydrogen) atoms. The Morgan fingerprint density at radius 3 is 0.542 bits per heavy atom. The zero-order valence-corrected chi connectivity index (χ0v) is 44.6. The summed E-state index contributed by atoms with van der Waals surface area (Å²) in [6.07, 6.45) is 48.7. The van der Waals surface area contributed by atoms with Crippen LogP contribution in [0.3, 0.4) is 0 Å². The topological polar surface area (TPSA) is 120 Å². The van der Waals surface area contributed by atoms with E-state index in [1.807, 2.05) is 0 Å². The minimum atomic E-state index is -1.04. The molecule has 0 fully saturated rings. The molecule has 0 amide bonds. The van der Waals surface area contributed by atoms with Gasteiger partial charge in [-0.05, 0) is 19.3 Å².